The van der Waals surface area contributed by atoms with E-state index in [1.165, 1.54) is 11.8 Å². The fraction of sp³-hybridized carbons (Fsp3) is 0.556. The zero-order valence-electron chi connectivity index (χ0n) is 10.2. The smallest absolute Gasteiger partial charge is 0.370 e. The number of nitrogens with one attached hydrogen (secondary N) is 1. The molecule has 0 spiro atoms. The molecule has 5 N–H and O–H groups in total. The lowest BCUT2D eigenvalue weighted by Gasteiger charge is -2.18. The molecule has 0 aromatic carbocycles. The zero-order valence-corrected chi connectivity index (χ0v) is 11.9. The van der Waals surface area contributed by atoms with Crippen LogP contribution in [0.25, 0.3) is 0 Å². The van der Waals surface area contributed by atoms with Gasteiger partial charge in [-0.05, 0) is 4.57 Å². The number of rotatable bonds is 3. The van der Waals surface area contributed by atoms with Gasteiger partial charge in [0.2, 0.25) is 0 Å². The molecule has 11 heteroatoms. The van der Waals surface area contributed by atoms with Crippen molar-refractivity contribution in [1.82, 2.24) is 9.55 Å². The number of thioether (sulfide) groups is 1. The summed E-state index contributed by atoms with van der Waals surface area (Å²) in [4.78, 5) is 16.9. The summed E-state index contributed by atoms with van der Waals surface area (Å²) in [6, 6.07) is 0. The Morgan fingerprint density at radius 3 is 3.20 bits per heavy atom. The SMILES string of the molecule is NC1=NC(O)c2ncn(CC3CSC([P+](=O)O)O3)c2N1. The fourth-order valence-electron chi connectivity index (χ4n) is 2.07. The lowest BCUT2D eigenvalue weighted by molar-refractivity contribution is 0.0866. The van der Waals surface area contributed by atoms with E-state index < -0.39 is 19.4 Å². The Hall–Kier alpha value is -1.19. The number of aliphatic imine (C=N–C) groups is 1. The Morgan fingerprint density at radius 1 is 1.70 bits per heavy atom. The van der Waals surface area contributed by atoms with E-state index in [-0.39, 0.29) is 12.1 Å². The van der Waals surface area contributed by atoms with Crippen molar-refractivity contribution in [2.24, 2.45) is 10.7 Å². The number of ether oxygens (including phenoxy) is 1. The Kier molecular flexibility index (Phi) is 3.65. The molecule has 108 valence electrons. The minimum Gasteiger partial charge on any atom is -0.370 e. The van der Waals surface area contributed by atoms with Gasteiger partial charge in [0.15, 0.2) is 12.2 Å². The average molecular weight is 318 g/mol. The van der Waals surface area contributed by atoms with Crippen molar-refractivity contribution < 1.29 is 19.3 Å². The molecule has 9 nitrogen and oxygen atoms in total. The number of guanidine groups is 1. The van der Waals surface area contributed by atoms with Crippen LogP contribution >= 0.6 is 19.8 Å². The van der Waals surface area contributed by atoms with E-state index in [4.69, 9.17) is 15.4 Å². The minimum absolute atomic E-state index is 0.116. The van der Waals surface area contributed by atoms with E-state index in [0.29, 0.717) is 23.8 Å². The van der Waals surface area contributed by atoms with Crippen molar-refractivity contribution in [2.75, 3.05) is 11.1 Å². The highest BCUT2D eigenvalue weighted by Crippen LogP contribution is 2.40. The molecular weight excluding hydrogens is 305 g/mol. The van der Waals surface area contributed by atoms with E-state index in [1.807, 2.05) is 0 Å². The molecule has 0 aliphatic carbocycles. The molecule has 0 radical (unpaired) electrons. The van der Waals surface area contributed by atoms with Crippen molar-refractivity contribution in [1.29, 1.82) is 0 Å². The molecule has 0 saturated carbocycles. The van der Waals surface area contributed by atoms with Crippen LogP contribution in [0.5, 0.6) is 0 Å². The maximum Gasteiger partial charge on any atom is 0.549 e. The molecule has 2 aliphatic rings. The first kappa shape index (κ1) is 13.8. The van der Waals surface area contributed by atoms with E-state index in [0.717, 1.165) is 0 Å². The first-order valence-corrected chi connectivity index (χ1v) is 8.13. The maximum absolute atomic E-state index is 11.0. The van der Waals surface area contributed by atoms with Gasteiger partial charge in [-0.1, -0.05) is 11.8 Å². The summed E-state index contributed by atoms with van der Waals surface area (Å²) in [7, 11) is -2.34. The standard InChI is InChI=1S/C9H12N5O4PS/c10-8-12-6-5(7(15)13-8)11-3-14(6)1-4-2-20-9(18-4)19(16)17/h3-4,7,9,15H,1-2H2,(H3-,10,12,13,16,17)/p+1. The van der Waals surface area contributed by atoms with Crippen LogP contribution in [0.3, 0.4) is 0 Å². The number of nitrogens with zero attached hydrogens (tertiary/aromatic N) is 3. The Bertz CT molecular complexity index is 579. The van der Waals surface area contributed by atoms with Gasteiger partial charge in [0.25, 0.3) is 0 Å². The Labute approximate surface area is 119 Å². The second kappa shape index (κ2) is 5.30. The molecule has 0 amide bonds. The predicted octanol–water partition coefficient (Wildman–Crippen LogP) is -0.236. The molecule has 1 aromatic rings. The van der Waals surface area contributed by atoms with Crippen LogP contribution in [0.15, 0.2) is 11.3 Å². The second-order valence-electron chi connectivity index (χ2n) is 4.34. The van der Waals surface area contributed by atoms with Crippen LogP contribution < -0.4 is 11.1 Å². The molecule has 0 bridgehead atoms. The Balaban J connectivity index is 1.73. The van der Waals surface area contributed by atoms with Gasteiger partial charge < -0.3 is 25.5 Å². The molecule has 1 aromatic heterocycles. The number of nitrogens with two attached hydrogens (primary N) is 1. The first-order chi connectivity index (χ1) is 9.54. The molecule has 4 unspecified atom stereocenters. The van der Waals surface area contributed by atoms with Crippen LogP contribution in [-0.2, 0) is 15.8 Å². The fourth-order valence-corrected chi connectivity index (χ4v) is 3.91. The van der Waals surface area contributed by atoms with Gasteiger partial charge in [-0.15, -0.1) is 0 Å². The highest BCUT2D eigenvalue weighted by atomic mass is 32.2. The molecule has 4 atom stereocenters. The van der Waals surface area contributed by atoms with E-state index in [2.05, 4.69) is 15.3 Å². The number of hydrogen-bond acceptors (Lipinski definition) is 8. The van der Waals surface area contributed by atoms with Crippen molar-refractivity contribution in [3.05, 3.63) is 12.0 Å². The maximum atomic E-state index is 11.0. The number of hydrogen-bond donors (Lipinski definition) is 4. The number of aliphatic hydroxyl groups is 1. The van der Waals surface area contributed by atoms with Crippen LogP contribution in [0.1, 0.15) is 11.9 Å². The van der Waals surface area contributed by atoms with Crippen molar-refractivity contribution in [3.63, 3.8) is 0 Å². The van der Waals surface area contributed by atoms with E-state index in [1.54, 1.807) is 10.9 Å². The number of imidazole rings is 1. The highest BCUT2D eigenvalue weighted by Gasteiger charge is 2.40. The summed E-state index contributed by atoms with van der Waals surface area (Å²) < 4.78 is 18.2. The van der Waals surface area contributed by atoms with Gasteiger partial charge >= 0.3 is 13.2 Å². The summed E-state index contributed by atoms with van der Waals surface area (Å²) in [6.45, 7) is 0.446. The Morgan fingerprint density at radius 2 is 2.50 bits per heavy atom. The largest absolute Gasteiger partial charge is 0.549 e. The van der Waals surface area contributed by atoms with Crippen LogP contribution in [0.2, 0.25) is 0 Å². The first-order valence-electron chi connectivity index (χ1n) is 5.80. The quantitative estimate of drug-likeness (QED) is 0.561. The minimum atomic E-state index is -2.34. The molecule has 1 saturated heterocycles. The van der Waals surface area contributed by atoms with Gasteiger partial charge in [0.05, 0.1) is 19.0 Å². The van der Waals surface area contributed by atoms with Crippen LogP contribution in [0, 0.1) is 0 Å². The lowest BCUT2D eigenvalue weighted by atomic mass is 10.3. The normalized spacial score (nSPS) is 29.6. The third-order valence-electron chi connectivity index (χ3n) is 2.93. The van der Waals surface area contributed by atoms with Gasteiger partial charge in [0.1, 0.15) is 11.5 Å². The zero-order chi connectivity index (χ0) is 14.3. The van der Waals surface area contributed by atoms with Gasteiger partial charge in [0, 0.05) is 5.75 Å². The molecule has 2 aliphatic heterocycles. The lowest BCUT2D eigenvalue weighted by Crippen LogP contribution is -2.30. The third-order valence-corrected chi connectivity index (χ3v) is 5.36. The molecule has 3 rings (SSSR count). The van der Waals surface area contributed by atoms with Crippen molar-refractivity contribution >= 4 is 31.6 Å². The van der Waals surface area contributed by atoms with E-state index >= 15 is 0 Å². The number of aromatic nitrogens is 2. The van der Waals surface area contributed by atoms with Gasteiger partial charge in [-0.3, -0.25) is 0 Å². The van der Waals surface area contributed by atoms with Crippen LogP contribution in [0.4, 0.5) is 5.82 Å². The van der Waals surface area contributed by atoms with Gasteiger partial charge in [-0.25, -0.2) is 9.98 Å². The summed E-state index contributed by atoms with van der Waals surface area (Å²) in [5.41, 5.74) is 5.97. The number of anilines is 1. The van der Waals surface area contributed by atoms with E-state index in [9.17, 15) is 9.67 Å². The summed E-state index contributed by atoms with van der Waals surface area (Å²) in [6.07, 6.45) is 0.273. The third kappa shape index (κ3) is 2.52. The van der Waals surface area contributed by atoms with Gasteiger partial charge in [-0.2, -0.15) is 4.89 Å². The molecule has 1 fully saturated rings. The van der Waals surface area contributed by atoms with Crippen molar-refractivity contribution in [3.8, 4) is 0 Å². The van der Waals surface area contributed by atoms with Crippen LogP contribution in [-0.4, -0.2) is 42.5 Å². The average Bonchev–Trinajstić information content (AvgIpc) is 2.98. The highest BCUT2D eigenvalue weighted by molar-refractivity contribution is 8.04. The summed E-state index contributed by atoms with van der Waals surface area (Å²) >= 11 is 1.31. The second-order valence-corrected chi connectivity index (χ2v) is 6.86. The summed E-state index contributed by atoms with van der Waals surface area (Å²) in [5.74, 6) is 1.30. The number of aliphatic hydroxyl groups excluding tert-OH is 1. The van der Waals surface area contributed by atoms with Crippen molar-refractivity contribution in [2.45, 2.75) is 24.1 Å². The molecule has 3 heterocycles. The number of fused-ring (bicyclic) bond motifs is 1. The molecular formula is C9H13N5O4PS+. The molecule has 20 heavy (non-hydrogen) atoms. The monoisotopic (exact) mass is 318 g/mol. The summed E-state index contributed by atoms with van der Waals surface area (Å²) in [5, 5.41) is 11.9. The topological polar surface area (TPSA) is 135 Å². The predicted molar refractivity (Wildman–Crippen MR) is 73.4 cm³/mol.